The number of amides is 1. The van der Waals surface area contributed by atoms with Crippen molar-refractivity contribution in [3.63, 3.8) is 0 Å². The largest absolute Gasteiger partial charge is 0.356 e. The molecule has 122 valence electrons. The van der Waals surface area contributed by atoms with Gasteiger partial charge in [-0.3, -0.25) is 4.79 Å². The average molecular weight is 330 g/mol. The molecule has 0 radical (unpaired) electrons. The molecule has 1 aromatic heterocycles. The Morgan fingerprint density at radius 3 is 2.74 bits per heavy atom. The summed E-state index contributed by atoms with van der Waals surface area (Å²) >= 11 is 1.93. The number of hydrogen-bond donors (Lipinski definition) is 0. The summed E-state index contributed by atoms with van der Waals surface area (Å²) in [6, 6.07) is 5.82. The number of pyridine rings is 1. The van der Waals surface area contributed by atoms with E-state index in [4.69, 9.17) is 0 Å². The molecular formula is C17H22N4OS. The van der Waals surface area contributed by atoms with Gasteiger partial charge in [-0.2, -0.15) is 17.0 Å². The lowest BCUT2D eigenvalue weighted by Gasteiger charge is -2.34. The molecule has 6 heteroatoms. The van der Waals surface area contributed by atoms with Crippen molar-refractivity contribution in [2.24, 2.45) is 5.92 Å². The van der Waals surface area contributed by atoms with Gasteiger partial charge in [0.15, 0.2) is 0 Å². The van der Waals surface area contributed by atoms with Gasteiger partial charge in [0.1, 0.15) is 11.9 Å². The van der Waals surface area contributed by atoms with E-state index in [-0.39, 0.29) is 0 Å². The van der Waals surface area contributed by atoms with Crippen molar-refractivity contribution in [2.75, 3.05) is 42.6 Å². The van der Waals surface area contributed by atoms with Gasteiger partial charge < -0.3 is 9.80 Å². The molecular weight excluding hydrogens is 308 g/mol. The van der Waals surface area contributed by atoms with E-state index < -0.39 is 0 Å². The summed E-state index contributed by atoms with van der Waals surface area (Å²) in [7, 11) is 0. The van der Waals surface area contributed by atoms with Crippen LogP contribution in [0, 0.1) is 17.2 Å². The van der Waals surface area contributed by atoms with Gasteiger partial charge in [0.25, 0.3) is 0 Å². The van der Waals surface area contributed by atoms with Crippen LogP contribution < -0.4 is 4.90 Å². The number of carbonyl (C=O) groups is 1. The molecule has 0 saturated carbocycles. The molecule has 0 spiro atoms. The van der Waals surface area contributed by atoms with Crippen LogP contribution in [0.3, 0.4) is 0 Å². The molecule has 0 unspecified atom stereocenters. The summed E-state index contributed by atoms with van der Waals surface area (Å²) < 4.78 is 0. The highest BCUT2D eigenvalue weighted by Crippen LogP contribution is 2.26. The fraction of sp³-hybridized carbons (Fsp3) is 0.588. The number of aromatic nitrogens is 1. The molecule has 2 aliphatic rings. The number of anilines is 1. The number of rotatable bonds is 3. The van der Waals surface area contributed by atoms with Gasteiger partial charge in [-0.1, -0.05) is 0 Å². The highest BCUT2D eigenvalue weighted by Gasteiger charge is 2.26. The molecule has 2 aliphatic heterocycles. The van der Waals surface area contributed by atoms with Crippen molar-refractivity contribution < 1.29 is 4.79 Å². The quantitative estimate of drug-likeness (QED) is 0.850. The molecule has 23 heavy (non-hydrogen) atoms. The van der Waals surface area contributed by atoms with Crippen LogP contribution in [0.15, 0.2) is 18.3 Å². The number of nitrogens with zero attached hydrogens (tertiary/aromatic N) is 4. The second-order valence-corrected chi connectivity index (χ2v) is 7.34. The van der Waals surface area contributed by atoms with Gasteiger partial charge in [-0.15, -0.1) is 0 Å². The SMILES string of the molecule is N#Cc1cccnc1N1CCC(CC(=O)N2CCSCC2)CC1. The Morgan fingerprint density at radius 1 is 1.30 bits per heavy atom. The molecule has 0 atom stereocenters. The van der Waals surface area contributed by atoms with Gasteiger partial charge in [0.2, 0.25) is 5.91 Å². The summed E-state index contributed by atoms with van der Waals surface area (Å²) in [5.41, 5.74) is 0.632. The minimum atomic E-state index is 0.319. The van der Waals surface area contributed by atoms with E-state index in [1.807, 2.05) is 22.7 Å². The van der Waals surface area contributed by atoms with Crippen molar-refractivity contribution in [3.8, 4) is 6.07 Å². The standard InChI is InChI=1S/C17H22N4OS/c18-13-15-2-1-5-19-17(15)21-6-3-14(4-7-21)12-16(22)20-8-10-23-11-9-20/h1-2,5,14H,3-4,6-12H2. The second-order valence-electron chi connectivity index (χ2n) is 6.11. The second kappa shape index (κ2) is 7.69. The van der Waals surface area contributed by atoms with Crippen molar-refractivity contribution >= 4 is 23.5 Å². The van der Waals surface area contributed by atoms with Crippen molar-refractivity contribution in [1.82, 2.24) is 9.88 Å². The van der Waals surface area contributed by atoms with Crippen LogP contribution in [0.4, 0.5) is 5.82 Å². The maximum atomic E-state index is 12.4. The van der Waals surface area contributed by atoms with E-state index in [1.165, 1.54) is 0 Å². The van der Waals surface area contributed by atoms with Crippen LogP contribution in [0.1, 0.15) is 24.8 Å². The van der Waals surface area contributed by atoms with Crippen LogP contribution in [0.25, 0.3) is 0 Å². The third kappa shape index (κ3) is 3.97. The summed E-state index contributed by atoms with van der Waals surface area (Å²) in [6.45, 7) is 3.56. The average Bonchev–Trinajstić information content (AvgIpc) is 2.63. The third-order valence-electron chi connectivity index (χ3n) is 4.65. The number of carbonyl (C=O) groups excluding carboxylic acids is 1. The Kier molecular flexibility index (Phi) is 5.39. The van der Waals surface area contributed by atoms with Gasteiger partial charge in [0.05, 0.1) is 5.56 Å². The van der Waals surface area contributed by atoms with Crippen LogP contribution in [-0.2, 0) is 4.79 Å². The summed E-state index contributed by atoms with van der Waals surface area (Å²) in [5.74, 6) is 3.71. The predicted molar refractivity (Wildman–Crippen MR) is 92.4 cm³/mol. The van der Waals surface area contributed by atoms with E-state index in [2.05, 4.69) is 16.0 Å². The molecule has 3 rings (SSSR count). The van der Waals surface area contributed by atoms with Crippen LogP contribution in [-0.4, -0.2) is 53.5 Å². The molecule has 2 saturated heterocycles. The molecule has 0 bridgehead atoms. The zero-order chi connectivity index (χ0) is 16.1. The smallest absolute Gasteiger partial charge is 0.222 e. The maximum Gasteiger partial charge on any atom is 0.222 e. The maximum absolute atomic E-state index is 12.4. The Morgan fingerprint density at radius 2 is 2.04 bits per heavy atom. The fourth-order valence-corrected chi connectivity index (χ4v) is 4.18. The van der Waals surface area contributed by atoms with Crippen LogP contribution >= 0.6 is 11.8 Å². The van der Waals surface area contributed by atoms with E-state index in [9.17, 15) is 10.1 Å². The zero-order valence-electron chi connectivity index (χ0n) is 13.3. The van der Waals surface area contributed by atoms with Crippen LogP contribution in [0.5, 0.6) is 0 Å². The van der Waals surface area contributed by atoms with Gasteiger partial charge in [-0.05, 0) is 30.9 Å². The third-order valence-corrected chi connectivity index (χ3v) is 5.59. The lowest BCUT2D eigenvalue weighted by atomic mass is 9.92. The fourth-order valence-electron chi connectivity index (χ4n) is 3.27. The van der Waals surface area contributed by atoms with E-state index >= 15 is 0 Å². The predicted octanol–water partition coefficient (Wildman–Crippen LogP) is 2.14. The van der Waals surface area contributed by atoms with E-state index in [1.54, 1.807) is 12.3 Å². The first-order valence-corrected chi connectivity index (χ1v) is 9.39. The molecule has 3 heterocycles. The normalized spacial score (nSPS) is 19.4. The van der Waals surface area contributed by atoms with Crippen molar-refractivity contribution in [3.05, 3.63) is 23.9 Å². The lowest BCUT2D eigenvalue weighted by molar-refractivity contribution is -0.132. The summed E-state index contributed by atoms with van der Waals surface area (Å²) in [6.07, 6.45) is 4.40. The minimum Gasteiger partial charge on any atom is -0.356 e. The highest BCUT2D eigenvalue weighted by atomic mass is 32.2. The molecule has 2 fully saturated rings. The Bertz CT molecular complexity index is 587. The Labute approximate surface area is 141 Å². The molecule has 1 aromatic rings. The van der Waals surface area contributed by atoms with E-state index in [0.29, 0.717) is 23.8 Å². The zero-order valence-corrected chi connectivity index (χ0v) is 14.1. The van der Waals surface area contributed by atoms with Gasteiger partial charge in [0, 0.05) is 50.3 Å². The van der Waals surface area contributed by atoms with Crippen LogP contribution in [0.2, 0.25) is 0 Å². The summed E-state index contributed by atoms with van der Waals surface area (Å²) in [5, 5.41) is 9.20. The minimum absolute atomic E-state index is 0.319. The van der Waals surface area contributed by atoms with Gasteiger partial charge in [-0.25, -0.2) is 4.98 Å². The van der Waals surface area contributed by atoms with Crippen molar-refractivity contribution in [2.45, 2.75) is 19.3 Å². The first-order valence-electron chi connectivity index (χ1n) is 8.23. The first-order chi connectivity index (χ1) is 11.3. The number of piperidine rings is 1. The first kappa shape index (κ1) is 16.1. The monoisotopic (exact) mass is 330 g/mol. The molecule has 5 nitrogen and oxygen atoms in total. The number of thioether (sulfide) groups is 1. The topological polar surface area (TPSA) is 60.2 Å². The summed E-state index contributed by atoms with van der Waals surface area (Å²) in [4.78, 5) is 20.9. The van der Waals surface area contributed by atoms with Crippen molar-refractivity contribution in [1.29, 1.82) is 5.26 Å². The van der Waals surface area contributed by atoms with E-state index in [0.717, 1.165) is 56.3 Å². The molecule has 0 N–H and O–H groups in total. The Hall–Kier alpha value is -1.74. The Balaban J connectivity index is 1.52. The number of nitriles is 1. The molecule has 1 amide bonds. The lowest BCUT2D eigenvalue weighted by Crippen LogP contribution is -2.41. The molecule has 0 aromatic carbocycles. The number of hydrogen-bond acceptors (Lipinski definition) is 5. The van der Waals surface area contributed by atoms with Gasteiger partial charge >= 0.3 is 0 Å². The highest BCUT2D eigenvalue weighted by molar-refractivity contribution is 7.99. The molecule has 0 aliphatic carbocycles.